The smallest absolute Gasteiger partial charge is 0.220 e. The van der Waals surface area contributed by atoms with Gasteiger partial charge in [0.25, 0.3) is 0 Å². The number of fused-ring (bicyclic) bond motifs is 1. The third-order valence-corrected chi connectivity index (χ3v) is 6.61. The zero-order chi connectivity index (χ0) is 27.1. The standard InChI is InChI=1S/C30H35F2N5O/c1-4-17-36(18-5-2)24-11-9-23(10-12-24)21(3)34-29(38)15-14-28-35-27-7-6-16-33-30(27)37(28)20-22-8-13-25(31)26(32)19-22/h6-13,16,19,21H,4-5,14-15,17-18,20H2,1-3H3,(H,34,38). The number of pyridine rings is 1. The van der Waals surface area contributed by atoms with Crippen LogP contribution in [0.25, 0.3) is 11.2 Å². The van der Waals surface area contributed by atoms with Crippen LogP contribution in [0.15, 0.2) is 60.8 Å². The van der Waals surface area contributed by atoms with Crippen LogP contribution in [0.3, 0.4) is 0 Å². The van der Waals surface area contributed by atoms with Crippen LogP contribution in [0.5, 0.6) is 0 Å². The summed E-state index contributed by atoms with van der Waals surface area (Å²) in [4.78, 5) is 24.3. The Balaban J connectivity index is 1.42. The van der Waals surface area contributed by atoms with E-state index in [1.807, 2.05) is 17.6 Å². The molecule has 8 heteroatoms. The Bertz CT molecular complexity index is 1360. The fraction of sp³-hybridized carbons (Fsp3) is 0.367. The van der Waals surface area contributed by atoms with Crippen molar-refractivity contribution in [1.82, 2.24) is 19.9 Å². The summed E-state index contributed by atoms with van der Waals surface area (Å²) in [5.74, 6) is -1.20. The van der Waals surface area contributed by atoms with E-state index in [-0.39, 0.29) is 24.9 Å². The van der Waals surface area contributed by atoms with Crippen molar-refractivity contribution in [3.63, 3.8) is 0 Å². The lowest BCUT2D eigenvalue weighted by molar-refractivity contribution is -0.121. The van der Waals surface area contributed by atoms with Crippen LogP contribution in [0.1, 0.15) is 63.0 Å². The van der Waals surface area contributed by atoms with E-state index in [1.165, 1.54) is 11.8 Å². The zero-order valence-electron chi connectivity index (χ0n) is 22.3. The van der Waals surface area contributed by atoms with E-state index in [0.717, 1.165) is 37.6 Å². The number of amides is 1. The zero-order valence-corrected chi connectivity index (χ0v) is 22.3. The van der Waals surface area contributed by atoms with Gasteiger partial charge in [-0.1, -0.05) is 32.0 Å². The van der Waals surface area contributed by atoms with Crippen LogP contribution in [-0.2, 0) is 17.8 Å². The molecule has 0 saturated carbocycles. The van der Waals surface area contributed by atoms with Gasteiger partial charge >= 0.3 is 0 Å². The molecule has 2 aromatic heterocycles. The van der Waals surface area contributed by atoms with Gasteiger partial charge in [-0.2, -0.15) is 0 Å². The Kier molecular flexibility index (Phi) is 9.05. The lowest BCUT2D eigenvalue weighted by atomic mass is 10.1. The molecule has 38 heavy (non-hydrogen) atoms. The number of aryl methyl sites for hydroxylation is 1. The number of hydrogen-bond acceptors (Lipinski definition) is 4. The van der Waals surface area contributed by atoms with E-state index in [4.69, 9.17) is 0 Å². The summed E-state index contributed by atoms with van der Waals surface area (Å²) < 4.78 is 29.1. The molecule has 1 N–H and O–H groups in total. The molecule has 0 spiro atoms. The minimum absolute atomic E-state index is 0.0837. The maximum Gasteiger partial charge on any atom is 0.220 e. The molecule has 0 bridgehead atoms. The van der Waals surface area contributed by atoms with Gasteiger partial charge in [0, 0.05) is 37.8 Å². The lowest BCUT2D eigenvalue weighted by Crippen LogP contribution is -2.27. The first kappa shape index (κ1) is 27.2. The van der Waals surface area contributed by atoms with Gasteiger partial charge in [-0.15, -0.1) is 0 Å². The molecule has 1 amide bonds. The van der Waals surface area contributed by atoms with Gasteiger partial charge in [-0.25, -0.2) is 18.7 Å². The number of nitrogens with zero attached hydrogens (tertiary/aromatic N) is 4. The predicted octanol–water partition coefficient (Wildman–Crippen LogP) is 6.19. The largest absolute Gasteiger partial charge is 0.372 e. The number of rotatable bonds is 12. The second kappa shape index (κ2) is 12.6. The van der Waals surface area contributed by atoms with Gasteiger partial charge in [-0.3, -0.25) is 4.79 Å². The number of anilines is 1. The minimum Gasteiger partial charge on any atom is -0.372 e. The molecule has 2 heterocycles. The number of aromatic nitrogens is 3. The molecule has 0 fully saturated rings. The van der Waals surface area contributed by atoms with E-state index in [1.54, 1.807) is 18.3 Å². The number of carbonyl (C=O) groups excluding carboxylic acids is 1. The first-order chi connectivity index (χ1) is 18.4. The van der Waals surface area contributed by atoms with Crippen molar-refractivity contribution in [3.05, 3.63) is 89.4 Å². The highest BCUT2D eigenvalue weighted by Gasteiger charge is 2.16. The molecule has 0 aliphatic heterocycles. The SMILES string of the molecule is CCCN(CCC)c1ccc(C(C)NC(=O)CCc2nc3cccnc3n2Cc2ccc(F)c(F)c2)cc1. The second-order valence-electron chi connectivity index (χ2n) is 9.58. The fourth-order valence-electron chi connectivity index (χ4n) is 4.69. The maximum absolute atomic E-state index is 13.8. The van der Waals surface area contributed by atoms with Crippen LogP contribution in [-0.4, -0.2) is 33.5 Å². The van der Waals surface area contributed by atoms with Gasteiger partial charge in [0.05, 0.1) is 12.6 Å². The number of benzene rings is 2. The van der Waals surface area contributed by atoms with Crippen LogP contribution < -0.4 is 10.2 Å². The summed E-state index contributed by atoms with van der Waals surface area (Å²) in [6.45, 7) is 8.67. The molecule has 200 valence electrons. The Hall–Kier alpha value is -3.81. The highest BCUT2D eigenvalue weighted by Crippen LogP contribution is 2.21. The van der Waals surface area contributed by atoms with Gasteiger partial charge in [0.1, 0.15) is 11.3 Å². The molecule has 0 aliphatic carbocycles. The monoisotopic (exact) mass is 519 g/mol. The summed E-state index contributed by atoms with van der Waals surface area (Å²) in [5.41, 5.74) is 4.17. The molecular weight excluding hydrogens is 484 g/mol. The molecule has 1 unspecified atom stereocenters. The first-order valence-corrected chi connectivity index (χ1v) is 13.3. The molecule has 4 aromatic rings. The third kappa shape index (κ3) is 6.54. The van der Waals surface area contributed by atoms with E-state index < -0.39 is 11.6 Å². The van der Waals surface area contributed by atoms with Crippen molar-refractivity contribution in [2.75, 3.05) is 18.0 Å². The Morgan fingerprint density at radius 2 is 1.76 bits per heavy atom. The van der Waals surface area contributed by atoms with Crippen molar-refractivity contribution in [2.24, 2.45) is 0 Å². The van der Waals surface area contributed by atoms with Crippen LogP contribution in [0.4, 0.5) is 14.5 Å². The summed E-state index contributed by atoms with van der Waals surface area (Å²) >= 11 is 0. The van der Waals surface area contributed by atoms with Crippen LogP contribution >= 0.6 is 0 Å². The van der Waals surface area contributed by atoms with Gasteiger partial charge < -0.3 is 14.8 Å². The summed E-state index contributed by atoms with van der Waals surface area (Å²) in [6.07, 6.45) is 4.49. The maximum atomic E-state index is 13.8. The summed E-state index contributed by atoms with van der Waals surface area (Å²) in [5, 5.41) is 3.09. The third-order valence-electron chi connectivity index (χ3n) is 6.61. The average molecular weight is 520 g/mol. The van der Waals surface area contributed by atoms with E-state index in [9.17, 15) is 13.6 Å². The van der Waals surface area contributed by atoms with E-state index in [0.29, 0.717) is 29.0 Å². The predicted molar refractivity (Wildman–Crippen MR) is 147 cm³/mol. The number of nitrogens with one attached hydrogen (secondary N) is 1. The second-order valence-corrected chi connectivity index (χ2v) is 9.58. The van der Waals surface area contributed by atoms with E-state index >= 15 is 0 Å². The summed E-state index contributed by atoms with van der Waals surface area (Å²) in [6, 6.07) is 15.7. The highest BCUT2D eigenvalue weighted by atomic mass is 19.2. The minimum atomic E-state index is -0.897. The number of imidazole rings is 1. The number of carbonyl (C=O) groups is 1. The quantitative estimate of drug-likeness (QED) is 0.242. The van der Waals surface area contributed by atoms with Crippen LogP contribution in [0, 0.1) is 11.6 Å². The molecule has 4 rings (SSSR count). The van der Waals surface area contributed by atoms with Crippen LogP contribution in [0.2, 0.25) is 0 Å². The van der Waals surface area contributed by atoms with Crippen molar-refractivity contribution >= 4 is 22.8 Å². The van der Waals surface area contributed by atoms with Crippen molar-refractivity contribution < 1.29 is 13.6 Å². The number of hydrogen-bond donors (Lipinski definition) is 1. The normalized spacial score (nSPS) is 12.0. The van der Waals surface area contributed by atoms with Crippen molar-refractivity contribution in [2.45, 2.75) is 59.0 Å². The Morgan fingerprint density at radius 3 is 2.45 bits per heavy atom. The summed E-state index contributed by atoms with van der Waals surface area (Å²) in [7, 11) is 0. The average Bonchev–Trinajstić information content (AvgIpc) is 3.26. The molecule has 0 aliphatic rings. The molecule has 0 saturated heterocycles. The Morgan fingerprint density at radius 1 is 1.03 bits per heavy atom. The lowest BCUT2D eigenvalue weighted by Gasteiger charge is -2.24. The topological polar surface area (TPSA) is 63.1 Å². The Labute approximate surface area is 222 Å². The van der Waals surface area contributed by atoms with E-state index in [2.05, 4.69) is 58.3 Å². The van der Waals surface area contributed by atoms with Gasteiger partial charge in [0.2, 0.25) is 5.91 Å². The molecule has 0 radical (unpaired) electrons. The molecule has 1 atom stereocenters. The van der Waals surface area contributed by atoms with Crippen molar-refractivity contribution in [3.8, 4) is 0 Å². The molecule has 2 aromatic carbocycles. The first-order valence-electron chi connectivity index (χ1n) is 13.3. The van der Waals surface area contributed by atoms with Gasteiger partial charge in [0.15, 0.2) is 17.3 Å². The van der Waals surface area contributed by atoms with Crippen molar-refractivity contribution in [1.29, 1.82) is 0 Å². The fourth-order valence-corrected chi connectivity index (χ4v) is 4.69. The molecular formula is C30H35F2N5O. The molecule has 6 nitrogen and oxygen atoms in total. The van der Waals surface area contributed by atoms with Gasteiger partial charge in [-0.05, 0) is 67.3 Å². The number of halogens is 2. The highest BCUT2D eigenvalue weighted by molar-refractivity contribution is 5.77.